The third kappa shape index (κ3) is 2.84. The van der Waals surface area contributed by atoms with Gasteiger partial charge in [-0.25, -0.2) is 0 Å². The second kappa shape index (κ2) is 6.12. The van der Waals surface area contributed by atoms with E-state index in [0.717, 1.165) is 11.1 Å². The molecule has 156 valence electrons. The van der Waals surface area contributed by atoms with Crippen molar-refractivity contribution in [2.24, 2.45) is 0 Å². The van der Waals surface area contributed by atoms with Gasteiger partial charge in [-0.15, -0.1) is 0 Å². The molecule has 1 spiro atoms. The lowest BCUT2D eigenvalue weighted by Crippen LogP contribution is -2.55. The summed E-state index contributed by atoms with van der Waals surface area (Å²) in [6.45, 7) is 8.49. The van der Waals surface area contributed by atoms with E-state index < -0.39 is 5.79 Å². The number of rotatable bonds is 2. The molecule has 6 nitrogen and oxygen atoms in total. The highest BCUT2D eigenvalue weighted by molar-refractivity contribution is 5.61. The number of hydrogen-bond acceptors (Lipinski definition) is 6. The summed E-state index contributed by atoms with van der Waals surface area (Å²) < 4.78 is 23.9. The van der Waals surface area contributed by atoms with E-state index in [1.807, 2.05) is 12.1 Å². The Balaban J connectivity index is 1.91. The monoisotopic (exact) mass is 400 g/mol. The van der Waals surface area contributed by atoms with Crippen LogP contribution in [0.25, 0.3) is 0 Å². The number of aromatic hydroxyl groups is 2. The molecule has 6 heteroatoms. The Morgan fingerprint density at radius 3 is 1.45 bits per heavy atom. The van der Waals surface area contributed by atoms with Gasteiger partial charge in [0.15, 0.2) is 23.0 Å². The highest BCUT2D eigenvalue weighted by Gasteiger charge is 2.54. The number of fused-ring (bicyclic) bond motifs is 2. The van der Waals surface area contributed by atoms with Crippen molar-refractivity contribution in [2.45, 2.75) is 57.2 Å². The van der Waals surface area contributed by atoms with Gasteiger partial charge in [0.2, 0.25) is 11.5 Å². The van der Waals surface area contributed by atoms with Gasteiger partial charge in [0, 0.05) is 34.8 Å². The summed E-state index contributed by atoms with van der Waals surface area (Å²) in [5, 5.41) is 20.6. The molecule has 2 heterocycles. The third-order valence-corrected chi connectivity index (χ3v) is 6.05. The number of methoxy groups -OCH3 is 2. The first kappa shape index (κ1) is 19.6. The fraction of sp³-hybridized carbons (Fsp3) is 0.478. The fourth-order valence-corrected chi connectivity index (χ4v) is 4.90. The van der Waals surface area contributed by atoms with Crippen LogP contribution in [0.3, 0.4) is 0 Å². The Hall–Kier alpha value is -2.76. The Morgan fingerprint density at radius 1 is 0.724 bits per heavy atom. The highest BCUT2D eigenvalue weighted by Crippen LogP contribution is 2.58. The van der Waals surface area contributed by atoms with Crippen LogP contribution < -0.4 is 18.9 Å². The molecule has 2 aliphatic rings. The van der Waals surface area contributed by atoms with Gasteiger partial charge in [-0.1, -0.05) is 39.8 Å². The van der Waals surface area contributed by atoms with Crippen LogP contribution in [0.2, 0.25) is 0 Å². The van der Waals surface area contributed by atoms with E-state index in [-0.39, 0.29) is 22.3 Å². The smallest absolute Gasteiger partial charge is 0.253 e. The predicted octanol–water partition coefficient (Wildman–Crippen LogP) is 4.63. The van der Waals surface area contributed by atoms with E-state index in [0.29, 0.717) is 35.8 Å². The third-order valence-electron chi connectivity index (χ3n) is 6.05. The minimum atomic E-state index is -1.00. The normalized spacial score (nSPS) is 20.1. The molecule has 2 N–H and O–H groups in total. The van der Waals surface area contributed by atoms with Gasteiger partial charge in [-0.3, -0.25) is 0 Å². The van der Waals surface area contributed by atoms with E-state index in [4.69, 9.17) is 18.9 Å². The van der Waals surface area contributed by atoms with Gasteiger partial charge < -0.3 is 29.2 Å². The molecule has 2 aliphatic heterocycles. The van der Waals surface area contributed by atoms with Gasteiger partial charge in [-0.05, 0) is 12.1 Å². The largest absolute Gasteiger partial charge is 0.504 e. The second-order valence-electron chi connectivity index (χ2n) is 9.23. The Kier molecular flexibility index (Phi) is 4.12. The molecule has 4 rings (SSSR count). The topological polar surface area (TPSA) is 77.4 Å². The molecule has 2 aromatic rings. The average molecular weight is 400 g/mol. The van der Waals surface area contributed by atoms with Gasteiger partial charge >= 0.3 is 0 Å². The minimum Gasteiger partial charge on any atom is -0.504 e. The summed E-state index contributed by atoms with van der Waals surface area (Å²) in [6.07, 6.45) is 1.17. The highest BCUT2D eigenvalue weighted by atomic mass is 16.7. The Morgan fingerprint density at radius 2 is 1.10 bits per heavy atom. The molecule has 0 saturated heterocycles. The van der Waals surface area contributed by atoms with E-state index in [1.54, 1.807) is 12.1 Å². The number of phenols is 2. The Labute approximate surface area is 171 Å². The standard InChI is InChI=1S/C23H28O6/c1-21(2)11-23(28-17-13(21)7-9-15(24)19(17)26-5)12-22(3,4)14-8-10-16(25)20(27-6)18(14)29-23/h7-10,24-25H,11-12H2,1-6H3. The van der Waals surface area contributed by atoms with Crippen LogP contribution in [0.5, 0.6) is 34.5 Å². The molecule has 0 aliphatic carbocycles. The average Bonchev–Trinajstić information content (AvgIpc) is 2.59. The predicted molar refractivity (Wildman–Crippen MR) is 109 cm³/mol. The van der Waals surface area contributed by atoms with E-state index >= 15 is 0 Å². The molecule has 0 atom stereocenters. The summed E-state index contributed by atoms with van der Waals surface area (Å²) in [5.41, 5.74) is 1.30. The number of phenolic OH excluding ortho intramolecular Hbond substituents is 2. The van der Waals surface area contributed by atoms with Crippen LogP contribution >= 0.6 is 0 Å². The van der Waals surface area contributed by atoms with Crippen LogP contribution in [-0.2, 0) is 10.8 Å². The zero-order valence-corrected chi connectivity index (χ0v) is 17.8. The van der Waals surface area contributed by atoms with Crippen molar-refractivity contribution in [3.8, 4) is 34.5 Å². The zero-order valence-electron chi connectivity index (χ0n) is 17.8. The SMILES string of the molecule is COc1c(O)ccc2c1OC1(CC2(C)C)CC(C)(C)c2ccc(O)c(OC)c2O1. The van der Waals surface area contributed by atoms with Crippen molar-refractivity contribution in [1.29, 1.82) is 0 Å². The van der Waals surface area contributed by atoms with Gasteiger partial charge in [0.25, 0.3) is 5.79 Å². The molecule has 0 amide bonds. The maximum absolute atomic E-state index is 10.3. The molecule has 0 bridgehead atoms. The Bertz CT molecular complexity index is 896. The molecule has 2 aromatic carbocycles. The maximum atomic E-state index is 10.3. The quantitative estimate of drug-likeness (QED) is 0.765. The van der Waals surface area contributed by atoms with Crippen molar-refractivity contribution >= 4 is 0 Å². The van der Waals surface area contributed by atoms with E-state index in [2.05, 4.69) is 27.7 Å². The molecule has 0 aromatic heterocycles. The molecule has 0 fully saturated rings. The van der Waals surface area contributed by atoms with Crippen molar-refractivity contribution in [1.82, 2.24) is 0 Å². The summed E-state index contributed by atoms with van der Waals surface area (Å²) in [5.74, 6) is 0.600. The maximum Gasteiger partial charge on any atom is 0.253 e. The number of ether oxygens (including phenoxy) is 4. The first-order valence-corrected chi connectivity index (χ1v) is 9.72. The molecule has 29 heavy (non-hydrogen) atoms. The summed E-state index contributed by atoms with van der Waals surface area (Å²) in [7, 11) is 3.02. The second-order valence-corrected chi connectivity index (χ2v) is 9.23. The van der Waals surface area contributed by atoms with Crippen molar-refractivity contribution in [3.63, 3.8) is 0 Å². The molecular formula is C23H28O6. The minimum absolute atomic E-state index is 0.0183. The van der Waals surface area contributed by atoms with Crippen LogP contribution in [0.4, 0.5) is 0 Å². The van der Waals surface area contributed by atoms with Crippen molar-refractivity contribution in [2.75, 3.05) is 14.2 Å². The van der Waals surface area contributed by atoms with E-state index in [1.165, 1.54) is 14.2 Å². The van der Waals surface area contributed by atoms with Gasteiger partial charge in [0.1, 0.15) is 0 Å². The molecule has 0 radical (unpaired) electrons. The lowest BCUT2D eigenvalue weighted by atomic mass is 9.69. The first-order valence-electron chi connectivity index (χ1n) is 9.72. The summed E-state index contributed by atoms with van der Waals surface area (Å²) in [4.78, 5) is 0. The van der Waals surface area contributed by atoms with E-state index in [9.17, 15) is 10.2 Å². The van der Waals surface area contributed by atoms with Gasteiger partial charge in [-0.2, -0.15) is 0 Å². The molecular weight excluding hydrogens is 372 g/mol. The lowest BCUT2D eigenvalue weighted by Gasteiger charge is -2.51. The number of benzene rings is 2. The van der Waals surface area contributed by atoms with Crippen LogP contribution in [0.1, 0.15) is 51.7 Å². The van der Waals surface area contributed by atoms with Gasteiger partial charge in [0.05, 0.1) is 14.2 Å². The van der Waals surface area contributed by atoms with Crippen molar-refractivity contribution in [3.05, 3.63) is 35.4 Å². The van der Waals surface area contributed by atoms with Crippen LogP contribution in [-0.4, -0.2) is 30.2 Å². The van der Waals surface area contributed by atoms with Crippen LogP contribution in [0.15, 0.2) is 24.3 Å². The van der Waals surface area contributed by atoms with Crippen LogP contribution in [0, 0.1) is 0 Å². The number of hydrogen-bond donors (Lipinski definition) is 2. The molecule has 0 unspecified atom stereocenters. The fourth-order valence-electron chi connectivity index (χ4n) is 4.90. The van der Waals surface area contributed by atoms with Crippen molar-refractivity contribution < 1.29 is 29.2 Å². The molecule has 0 saturated carbocycles. The zero-order chi connectivity index (χ0) is 21.2. The summed E-state index contributed by atoms with van der Waals surface area (Å²) in [6, 6.07) is 6.99. The summed E-state index contributed by atoms with van der Waals surface area (Å²) >= 11 is 0. The first-order chi connectivity index (χ1) is 13.5. The lowest BCUT2D eigenvalue weighted by molar-refractivity contribution is -0.168.